The van der Waals surface area contributed by atoms with Gasteiger partial charge in [-0.25, -0.2) is 0 Å². The van der Waals surface area contributed by atoms with E-state index in [1.807, 2.05) is 19.9 Å². The highest BCUT2D eigenvalue weighted by Gasteiger charge is 2.19. The summed E-state index contributed by atoms with van der Waals surface area (Å²) in [6, 6.07) is 0. The Labute approximate surface area is 66.7 Å². The number of aliphatic hydroxyl groups is 1. The quantitative estimate of drug-likeness (QED) is 0.555. The summed E-state index contributed by atoms with van der Waals surface area (Å²) in [5, 5.41) is 9.44. The van der Waals surface area contributed by atoms with Crippen LogP contribution in [0.15, 0.2) is 35.8 Å². The zero-order valence-corrected chi connectivity index (χ0v) is 6.83. The molecule has 0 unspecified atom stereocenters. The maximum atomic E-state index is 9.44. The van der Waals surface area contributed by atoms with E-state index in [2.05, 4.69) is 0 Å². The summed E-state index contributed by atoms with van der Waals surface area (Å²) in [6.07, 6.45) is 7.02. The van der Waals surface area contributed by atoms with E-state index in [1.165, 1.54) is 0 Å². The Bertz CT molecular complexity index is 246. The Kier molecular flexibility index (Phi) is 1.77. The van der Waals surface area contributed by atoms with Crippen LogP contribution in [0.2, 0.25) is 0 Å². The SMILES string of the molecule is CC1(C)C=CC(N)=CC=C1O. The Balaban J connectivity index is 3.03. The third-order valence-corrected chi connectivity index (χ3v) is 1.79. The summed E-state index contributed by atoms with van der Waals surface area (Å²) in [7, 11) is 0. The molecular weight excluding hydrogens is 138 g/mol. The molecule has 0 fully saturated rings. The topological polar surface area (TPSA) is 46.2 Å². The lowest BCUT2D eigenvalue weighted by molar-refractivity contribution is 0.303. The van der Waals surface area contributed by atoms with Gasteiger partial charge in [0.25, 0.3) is 0 Å². The fraction of sp³-hybridized carbons (Fsp3) is 0.333. The second kappa shape index (κ2) is 2.46. The minimum absolute atomic E-state index is 0.294. The van der Waals surface area contributed by atoms with Crippen LogP contribution in [0.25, 0.3) is 0 Å². The molecule has 1 aliphatic carbocycles. The number of allylic oxidation sites excluding steroid dienone is 4. The molecule has 2 heteroatoms. The molecule has 3 N–H and O–H groups in total. The third kappa shape index (κ3) is 1.64. The fourth-order valence-electron chi connectivity index (χ4n) is 0.835. The molecule has 0 saturated carbocycles. The number of aliphatic hydroxyl groups excluding tert-OH is 1. The summed E-state index contributed by atoms with van der Waals surface area (Å²) in [5.41, 5.74) is 5.91. The first kappa shape index (κ1) is 7.92. The van der Waals surface area contributed by atoms with Crippen LogP contribution in [-0.4, -0.2) is 5.11 Å². The Morgan fingerprint density at radius 3 is 2.64 bits per heavy atom. The van der Waals surface area contributed by atoms with Crippen molar-refractivity contribution < 1.29 is 5.11 Å². The molecule has 0 atom stereocenters. The lowest BCUT2D eigenvalue weighted by Gasteiger charge is -2.17. The minimum atomic E-state index is -0.294. The average molecular weight is 151 g/mol. The van der Waals surface area contributed by atoms with Crippen molar-refractivity contribution in [3.05, 3.63) is 35.8 Å². The molecule has 0 aromatic rings. The van der Waals surface area contributed by atoms with Gasteiger partial charge in [-0.1, -0.05) is 6.08 Å². The molecule has 0 aromatic heterocycles. The Morgan fingerprint density at radius 1 is 1.36 bits per heavy atom. The average Bonchev–Trinajstić information content (AvgIpc) is 2.03. The van der Waals surface area contributed by atoms with Crippen LogP contribution in [0, 0.1) is 5.41 Å². The van der Waals surface area contributed by atoms with E-state index in [9.17, 15) is 5.11 Å². The van der Waals surface area contributed by atoms with Gasteiger partial charge in [0.15, 0.2) is 0 Å². The Morgan fingerprint density at radius 2 is 2.00 bits per heavy atom. The van der Waals surface area contributed by atoms with Gasteiger partial charge in [-0.15, -0.1) is 0 Å². The van der Waals surface area contributed by atoms with Crippen molar-refractivity contribution >= 4 is 0 Å². The molecule has 1 aliphatic rings. The van der Waals surface area contributed by atoms with Gasteiger partial charge in [-0.3, -0.25) is 0 Å². The molecule has 11 heavy (non-hydrogen) atoms. The normalized spacial score (nSPS) is 22.0. The lowest BCUT2D eigenvalue weighted by atomic mass is 9.91. The fourth-order valence-corrected chi connectivity index (χ4v) is 0.835. The monoisotopic (exact) mass is 151 g/mol. The zero-order valence-electron chi connectivity index (χ0n) is 6.83. The van der Waals surface area contributed by atoms with Gasteiger partial charge in [-0.05, 0) is 32.1 Å². The molecule has 0 spiro atoms. The second-order valence-corrected chi connectivity index (χ2v) is 3.27. The molecule has 0 saturated heterocycles. The van der Waals surface area contributed by atoms with Crippen molar-refractivity contribution in [1.29, 1.82) is 0 Å². The summed E-state index contributed by atoms with van der Waals surface area (Å²) >= 11 is 0. The van der Waals surface area contributed by atoms with E-state index in [0.717, 1.165) is 0 Å². The van der Waals surface area contributed by atoms with E-state index in [-0.39, 0.29) is 5.41 Å². The predicted molar refractivity (Wildman–Crippen MR) is 45.9 cm³/mol. The largest absolute Gasteiger partial charge is 0.511 e. The van der Waals surface area contributed by atoms with Crippen molar-refractivity contribution in [1.82, 2.24) is 0 Å². The van der Waals surface area contributed by atoms with Crippen molar-refractivity contribution in [3.63, 3.8) is 0 Å². The van der Waals surface area contributed by atoms with Crippen LogP contribution in [0.3, 0.4) is 0 Å². The molecular formula is C9H13NO. The van der Waals surface area contributed by atoms with E-state index in [0.29, 0.717) is 11.5 Å². The maximum Gasteiger partial charge on any atom is 0.102 e. The second-order valence-electron chi connectivity index (χ2n) is 3.27. The first-order chi connectivity index (χ1) is 5.02. The molecule has 0 heterocycles. The zero-order chi connectivity index (χ0) is 8.48. The van der Waals surface area contributed by atoms with Crippen molar-refractivity contribution in [3.8, 4) is 0 Å². The number of hydrogen-bond acceptors (Lipinski definition) is 2. The third-order valence-electron chi connectivity index (χ3n) is 1.79. The van der Waals surface area contributed by atoms with Gasteiger partial charge in [0, 0.05) is 11.1 Å². The highest BCUT2D eigenvalue weighted by Crippen LogP contribution is 2.27. The standard InChI is InChI=1S/C9H13NO/c1-9(2)6-5-7(10)3-4-8(9)11/h3-6,11H,10H2,1-2H3. The van der Waals surface area contributed by atoms with Crippen molar-refractivity contribution in [2.24, 2.45) is 11.1 Å². The van der Waals surface area contributed by atoms with E-state index in [1.54, 1.807) is 18.2 Å². The highest BCUT2D eigenvalue weighted by molar-refractivity contribution is 5.31. The van der Waals surface area contributed by atoms with Gasteiger partial charge >= 0.3 is 0 Å². The van der Waals surface area contributed by atoms with Crippen LogP contribution in [0.5, 0.6) is 0 Å². The summed E-state index contributed by atoms with van der Waals surface area (Å²) in [4.78, 5) is 0. The van der Waals surface area contributed by atoms with E-state index < -0.39 is 0 Å². The maximum absolute atomic E-state index is 9.44. The molecule has 0 bridgehead atoms. The van der Waals surface area contributed by atoms with Crippen molar-refractivity contribution in [2.45, 2.75) is 13.8 Å². The highest BCUT2D eigenvalue weighted by atomic mass is 16.3. The predicted octanol–water partition coefficient (Wildman–Crippen LogP) is 1.87. The van der Waals surface area contributed by atoms with Gasteiger partial charge < -0.3 is 10.8 Å². The number of rotatable bonds is 0. The molecule has 2 nitrogen and oxygen atoms in total. The minimum Gasteiger partial charge on any atom is -0.511 e. The molecule has 0 aromatic carbocycles. The van der Waals surface area contributed by atoms with Gasteiger partial charge in [0.05, 0.1) is 0 Å². The van der Waals surface area contributed by atoms with Gasteiger partial charge in [-0.2, -0.15) is 0 Å². The lowest BCUT2D eigenvalue weighted by Crippen LogP contribution is -2.10. The van der Waals surface area contributed by atoms with Crippen LogP contribution >= 0.6 is 0 Å². The molecule has 0 amide bonds. The first-order valence-electron chi connectivity index (χ1n) is 3.58. The Hall–Kier alpha value is -1.18. The van der Waals surface area contributed by atoms with Crippen LogP contribution in [-0.2, 0) is 0 Å². The summed E-state index contributed by atoms with van der Waals surface area (Å²) in [5.74, 6) is 0.342. The summed E-state index contributed by atoms with van der Waals surface area (Å²) < 4.78 is 0. The molecule has 1 rings (SSSR count). The summed E-state index contributed by atoms with van der Waals surface area (Å²) in [6.45, 7) is 3.86. The van der Waals surface area contributed by atoms with Crippen LogP contribution < -0.4 is 5.73 Å². The number of hydrogen-bond donors (Lipinski definition) is 2. The van der Waals surface area contributed by atoms with E-state index >= 15 is 0 Å². The van der Waals surface area contributed by atoms with Gasteiger partial charge in [0.2, 0.25) is 0 Å². The van der Waals surface area contributed by atoms with E-state index in [4.69, 9.17) is 5.73 Å². The van der Waals surface area contributed by atoms with Crippen LogP contribution in [0.4, 0.5) is 0 Å². The smallest absolute Gasteiger partial charge is 0.102 e. The molecule has 0 aliphatic heterocycles. The van der Waals surface area contributed by atoms with Gasteiger partial charge in [0.1, 0.15) is 5.76 Å². The molecule has 60 valence electrons. The molecule has 0 radical (unpaired) electrons. The first-order valence-corrected chi connectivity index (χ1v) is 3.58. The van der Waals surface area contributed by atoms with Crippen LogP contribution in [0.1, 0.15) is 13.8 Å². The van der Waals surface area contributed by atoms with Crippen molar-refractivity contribution in [2.75, 3.05) is 0 Å². The number of nitrogens with two attached hydrogens (primary N) is 1.